The molecule has 8 nitrogen and oxygen atoms in total. The maximum absolute atomic E-state index is 10.6. The molecule has 1 aromatic rings. The standard InChI is InChI=1S/C4H10N6O2S/c1-13(11,12)6-2-3-10-4(5)7-8-9-10/h6H,2-3H2,1H3,(H2,5,7,9). The Morgan fingerprint density at radius 3 is 2.77 bits per heavy atom. The molecular formula is C4H10N6O2S. The monoisotopic (exact) mass is 206 g/mol. The van der Waals surface area contributed by atoms with Gasteiger partial charge < -0.3 is 5.73 Å². The summed E-state index contributed by atoms with van der Waals surface area (Å²) in [7, 11) is -3.16. The third-order valence-corrected chi connectivity index (χ3v) is 1.98. The van der Waals surface area contributed by atoms with Crippen LogP contribution in [0.4, 0.5) is 5.95 Å². The first-order valence-corrected chi connectivity index (χ1v) is 5.34. The Kier molecular flexibility index (Phi) is 2.78. The molecule has 0 atom stereocenters. The summed E-state index contributed by atoms with van der Waals surface area (Å²) in [6, 6.07) is 0. The van der Waals surface area contributed by atoms with Crippen molar-refractivity contribution in [2.75, 3.05) is 18.5 Å². The molecule has 74 valence electrons. The van der Waals surface area contributed by atoms with Gasteiger partial charge in [0.05, 0.1) is 12.8 Å². The molecule has 0 fully saturated rings. The third-order valence-electron chi connectivity index (χ3n) is 1.25. The van der Waals surface area contributed by atoms with Gasteiger partial charge in [-0.25, -0.2) is 17.8 Å². The Labute approximate surface area is 75.2 Å². The summed E-state index contributed by atoms with van der Waals surface area (Å²) in [5.41, 5.74) is 5.34. The second kappa shape index (κ2) is 3.66. The van der Waals surface area contributed by atoms with E-state index in [1.165, 1.54) is 4.68 Å². The van der Waals surface area contributed by atoms with E-state index in [-0.39, 0.29) is 12.5 Å². The Morgan fingerprint density at radius 1 is 1.62 bits per heavy atom. The number of rotatable bonds is 4. The topological polar surface area (TPSA) is 116 Å². The largest absolute Gasteiger partial charge is 0.367 e. The number of tetrazole rings is 1. The van der Waals surface area contributed by atoms with Crippen LogP contribution in [0.2, 0.25) is 0 Å². The van der Waals surface area contributed by atoms with Crippen LogP contribution in [-0.2, 0) is 16.6 Å². The van der Waals surface area contributed by atoms with Gasteiger partial charge in [0.2, 0.25) is 16.0 Å². The van der Waals surface area contributed by atoms with E-state index in [9.17, 15) is 8.42 Å². The molecule has 3 N–H and O–H groups in total. The lowest BCUT2D eigenvalue weighted by Gasteiger charge is -2.01. The first-order chi connectivity index (χ1) is 5.99. The molecule has 0 amide bonds. The van der Waals surface area contributed by atoms with E-state index in [0.29, 0.717) is 6.54 Å². The Balaban J connectivity index is 2.41. The Bertz CT molecular complexity index is 370. The summed E-state index contributed by atoms with van der Waals surface area (Å²) in [5.74, 6) is 0.162. The number of nitrogens with two attached hydrogens (primary N) is 1. The minimum atomic E-state index is -3.16. The zero-order chi connectivity index (χ0) is 9.90. The van der Waals surface area contributed by atoms with Gasteiger partial charge in [0.25, 0.3) is 0 Å². The van der Waals surface area contributed by atoms with Crippen LogP contribution in [0.15, 0.2) is 0 Å². The van der Waals surface area contributed by atoms with E-state index in [2.05, 4.69) is 20.2 Å². The zero-order valence-electron chi connectivity index (χ0n) is 7.01. The number of nitrogens with zero attached hydrogens (tertiary/aromatic N) is 4. The molecule has 0 aliphatic heterocycles. The van der Waals surface area contributed by atoms with Crippen molar-refractivity contribution in [3.63, 3.8) is 0 Å². The number of sulfonamides is 1. The van der Waals surface area contributed by atoms with Crippen molar-refractivity contribution in [3.8, 4) is 0 Å². The van der Waals surface area contributed by atoms with Crippen LogP contribution in [0.5, 0.6) is 0 Å². The molecule has 0 saturated heterocycles. The number of nitrogens with one attached hydrogen (secondary N) is 1. The highest BCUT2D eigenvalue weighted by Crippen LogP contribution is 1.89. The Morgan fingerprint density at radius 2 is 2.31 bits per heavy atom. The minimum absolute atomic E-state index is 0.162. The molecule has 1 aromatic heterocycles. The zero-order valence-corrected chi connectivity index (χ0v) is 7.82. The van der Waals surface area contributed by atoms with Gasteiger partial charge in [0.15, 0.2) is 0 Å². The summed E-state index contributed by atoms with van der Waals surface area (Å²) in [6.45, 7) is 0.528. The fourth-order valence-electron chi connectivity index (χ4n) is 0.708. The summed E-state index contributed by atoms with van der Waals surface area (Å²) in [4.78, 5) is 0. The van der Waals surface area contributed by atoms with Crippen LogP contribution in [0, 0.1) is 0 Å². The summed E-state index contributed by atoms with van der Waals surface area (Å²) >= 11 is 0. The van der Waals surface area contributed by atoms with E-state index in [4.69, 9.17) is 5.73 Å². The van der Waals surface area contributed by atoms with E-state index < -0.39 is 10.0 Å². The minimum Gasteiger partial charge on any atom is -0.367 e. The predicted molar refractivity (Wildman–Crippen MR) is 45.1 cm³/mol. The molecule has 0 unspecified atom stereocenters. The van der Waals surface area contributed by atoms with Crippen LogP contribution < -0.4 is 10.5 Å². The lowest BCUT2D eigenvalue weighted by molar-refractivity contribution is 0.559. The van der Waals surface area contributed by atoms with Crippen molar-refractivity contribution in [2.24, 2.45) is 0 Å². The highest BCUT2D eigenvalue weighted by atomic mass is 32.2. The van der Waals surface area contributed by atoms with Crippen molar-refractivity contribution in [1.82, 2.24) is 24.9 Å². The van der Waals surface area contributed by atoms with E-state index in [1.807, 2.05) is 0 Å². The van der Waals surface area contributed by atoms with Crippen LogP contribution >= 0.6 is 0 Å². The third kappa shape index (κ3) is 3.34. The summed E-state index contributed by atoms with van der Waals surface area (Å²) < 4.78 is 24.9. The molecule has 1 heterocycles. The molecule has 0 spiro atoms. The van der Waals surface area contributed by atoms with Gasteiger partial charge in [-0.1, -0.05) is 5.10 Å². The normalized spacial score (nSPS) is 11.8. The van der Waals surface area contributed by atoms with E-state index in [0.717, 1.165) is 6.26 Å². The Hall–Kier alpha value is -1.22. The molecular weight excluding hydrogens is 196 g/mol. The fraction of sp³-hybridized carbons (Fsp3) is 0.750. The number of anilines is 1. The second-order valence-electron chi connectivity index (χ2n) is 2.43. The lowest BCUT2D eigenvalue weighted by atomic mass is 10.6. The highest BCUT2D eigenvalue weighted by Gasteiger charge is 2.02. The first-order valence-electron chi connectivity index (χ1n) is 3.45. The van der Waals surface area contributed by atoms with Crippen LogP contribution in [0.25, 0.3) is 0 Å². The number of hydrogen-bond acceptors (Lipinski definition) is 6. The van der Waals surface area contributed by atoms with E-state index >= 15 is 0 Å². The van der Waals surface area contributed by atoms with Crippen LogP contribution in [-0.4, -0.2) is 41.4 Å². The first kappa shape index (κ1) is 9.86. The predicted octanol–water partition coefficient (Wildman–Crippen LogP) is -2.20. The van der Waals surface area contributed by atoms with Crippen LogP contribution in [0.1, 0.15) is 0 Å². The maximum Gasteiger partial charge on any atom is 0.240 e. The smallest absolute Gasteiger partial charge is 0.240 e. The van der Waals surface area contributed by atoms with Gasteiger partial charge in [0, 0.05) is 6.54 Å². The fourth-order valence-corrected chi connectivity index (χ4v) is 1.17. The van der Waals surface area contributed by atoms with Crippen molar-refractivity contribution in [2.45, 2.75) is 6.54 Å². The van der Waals surface area contributed by atoms with Crippen molar-refractivity contribution in [1.29, 1.82) is 0 Å². The molecule has 0 bridgehead atoms. The van der Waals surface area contributed by atoms with Gasteiger partial charge in [-0.3, -0.25) is 0 Å². The molecule has 0 aliphatic carbocycles. The van der Waals surface area contributed by atoms with E-state index in [1.54, 1.807) is 0 Å². The van der Waals surface area contributed by atoms with Gasteiger partial charge in [-0.15, -0.1) is 0 Å². The molecule has 0 aromatic carbocycles. The summed E-state index contributed by atoms with van der Waals surface area (Å²) in [6.07, 6.45) is 1.08. The van der Waals surface area contributed by atoms with Gasteiger partial charge in [-0.2, -0.15) is 0 Å². The highest BCUT2D eigenvalue weighted by molar-refractivity contribution is 7.88. The number of nitrogen functional groups attached to an aromatic ring is 1. The lowest BCUT2D eigenvalue weighted by Crippen LogP contribution is -2.26. The number of hydrogen-bond donors (Lipinski definition) is 2. The maximum atomic E-state index is 10.6. The molecule has 0 saturated carbocycles. The van der Waals surface area contributed by atoms with Gasteiger partial charge in [-0.05, 0) is 10.4 Å². The van der Waals surface area contributed by atoms with Crippen LogP contribution in [0.3, 0.4) is 0 Å². The average Bonchev–Trinajstić information content (AvgIpc) is 2.34. The average molecular weight is 206 g/mol. The number of aromatic nitrogens is 4. The SMILES string of the molecule is CS(=O)(=O)NCCn1nnnc1N. The molecule has 9 heteroatoms. The molecule has 13 heavy (non-hydrogen) atoms. The molecule has 0 aliphatic rings. The van der Waals surface area contributed by atoms with Crippen molar-refractivity contribution < 1.29 is 8.42 Å². The molecule has 0 radical (unpaired) electrons. The van der Waals surface area contributed by atoms with Crippen molar-refractivity contribution in [3.05, 3.63) is 0 Å². The summed E-state index contributed by atoms with van der Waals surface area (Å²) in [5, 5.41) is 10.3. The van der Waals surface area contributed by atoms with Crippen molar-refractivity contribution >= 4 is 16.0 Å². The van der Waals surface area contributed by atoms with Gasteiger partial charge in [0.1, 0.15) is 0 Å². The quantitative estimate of drug-likeness (QED) is 0.577. The van der Waals surface area contributed by atoms with Gasteiger partial charge >= 0.3 is 0 Å². The molecule has 1 rings (SSSR count). The second-order valence-corrected chi connectivity index (χ2v) is 4.26.